The zero-order valence-corrected chi connectivity index (χ0v) is 13.9. The Kier molecular flexibility index (Phi) is 4.49. The molecule has 1 heterocycles. The third-order valence-electron chi connectivity index (χ3n) is 4.28. The number of esters is 1. The number of phenols is 1. The van der Waals surface area contributed by atoms with Crippen LogP contribution in [0.1, 0.15) is 29.6 Å². The van der Waals surface area contributed by atoms with Gasteiger partial charge in [-0.2, -0.15) is 0 Å². The molecule has 3 rings (SSSR count). The van der Waals surface area contributed by atoms with Crippen LogP contribution in [0.25, 0.3) is 0 Å². The lowest BCUT2D eigenvalue weighted by atomic mass is 10.2. The third kappa shape index (κ3) is 3.69. The highest BCUT2D eigenvalue weighted by Gasteiger charge is 2.42. The second-order valence-corrected chi connectivity index (χ2v) is 8.41. The highest BCUT2D eigenvalue weighted by molar-refractivity contribution is 7.91. The van der Waals surface area contributed by atoms with E-state index in [9.17, 15) is 23.1 Å². The second kappa shape index (κ2) is 6.43. The maximum absolute atomic E-state index is 12.4. The molecule has 0 bridgehead atoms. The lowest BCUT2D eigenvalue weighted by Crippen LogP contribution is -2.44. The number of nitrogens with zero attached hydrogens (tertiary/aromatic N) is 1. The van der Waals surface area contributed by atoms with Crippen molar-refractivity contribution in [2.75, 3.05) is 18.1 Å². The van der Waals surface area contributed by atoms with Crippen LogP contribution in [0.5, 0.6) is 5.75 Å². The zero-order valence-electron chi connectivity index (χ0n) is 13.1. The Balaban J connectivity index is 1.63. The molecule has 0 unspecified atom stereocenters. The Morgan fingerprint density at radius 3 is 2.46 bits per heavy atom. The lowest BCUT2D eigenvalue weighted by Gasteiger charge is -2.28. The number of ether oxygens (including phenoxy) is 1. The van der Waals surface area contributed by atoms with Gasteiger partial charge in [0.25, 0.3) is 5.91 Å². The van der Waals surface area contributed by atoms with Crippen LogP contribution in [0.4, 0.5) is 0 Å². The van der Waals surface area contributed by atoms with Crippen molar-refractivity contribution in [3.8, 4) is 5.75 Å². The molecule has 0 spiro atoms. The van der Waals surface area contributed by atoms with Crippen molar-refractivity contribution < 1.29 is 27.9 Å². The van der Waals surface area contributed by atoms with Crippen LogP contribution in [0, 0.1) is 0 Å². The average Bonchev–Trinajstić information content (AvgIpc) is 3.29. The largest absolute Gasteiger partial charge is 0.507 e. The van der Waals surface area contributed by atoms with Gasteiger partial charge in [0.05, 0.1) is 11.5 Å². The first-order valence-electron chi connectivity index (χ1n) is 7.84. The van der Waals surface area contributed by atoms with Crippen molar-refractivity contribution in [1.29, 1.82) is 0 Å². The van der Waals surface area contributed by atoms with Crippen molar-refractivity contribution in [1.82, 2.24) is 4.90 Å². The van der Waals surface area contributed by atoms with Crippen molar-refractivity contribution in [3.63, 3.8) is 0 Å². The van der Waals surface area contributed by atoms with Gasteiger partial charge in [0.15, 0.2) is 16.4 Å². The van der Waals surface area contributed by atoms with Crippen molar-refractivity contribution >= 4 is 21.7 Å². The summed E-state index contributed by atoms with van der Waals surface area (Å²) in [7, 11) is -3.09. The summed E-state index contributed by atoms with van der Waals surface area (Å²) >= 11 is 0. The van der Waals surface area contributed by atoms with Crippen LogP contribution in [-0.4, -0.2) is 60.5 Å². The van der Waals surface area contributed by atoms with Gasteiger partial charge in [0.1, 0.15) is 11.3 Å². The fraction of sp³-hybridized carbons (Fsp3) is 0.500. The smallest absolute Gasteiger partial charge is 0.342 e. The molecular formula is C16H19NO6S. The SMILES string of the molecule is O=C(OCC(=O)N(C1CC1)[C@H]1CCS(=O)(=O)C1)c1ccccc1O. The van der Waals surface area contributed by atoms with Crippen LogP contribution in [-0.2, 0) is 19.4 Å². The number of carbonyl (C=O) groups is 2. The molecule has 1 amide bonds. The van der Waals surface area contributed by atoms with Gasteiger partial charge in [-0.05, 0) is 31.4 Å². The summed E-state index contributed by atoms with van der Waals surface area (Å²) in [6, 6.07) is 5.63. The summed E-state index contributed by atoms with van der Waals surface area (Å²) in [5.74, 6) is -1.32. The first-order chi connectivity index (χ1) is 11.4. The molecular weight excluding hydrogens is 334 g/mol. The molecule has 1 saturated heterocycles. The highest BCUT2D eigenvalue weighted by atomic mass is 32.2. The minimum Gasteiger partial charge on any atom is -0.507 e. The summed E-state index contributed by atoms with van der Waals surface area (Å²) in [6.45, 7) is -0.458. The first kappa shape index (κ1) is 16.8. The van der Waals surface area contributed by atoms with Gasteiger partial charge >= 0.3 is 5.97 Å². The average molecular weight is 353 g/mol. The van der Waals surface area contributed by atoms with Gasteiger partial charge in [-0.25, -0.2) is 13.2 Å². The van der Waals surface area contributed by atoms with E-state index in [2.05, 4.69) is 0 Å². The molecule has 8 heteroatoms. The number of carbonyl (C=O) groups excluding carboxylic acids is 2. The molecule has 2 fully saturated rings. The van der Waals surface area contributed by atoms with Crippen molar-refractivity contribution in [2.24, 2.45) is 0 Å². The molecule has 1 aliphatic carbocycles. The standard InChI is InChI=1S/C16H19NO6S/c18-14-4-2-1-3-13(14)16(20)23-9-15(19)17(11-5-6-11)12-7-8-24(21,22)10-12/h1-4,11-12,18H,5-10H2/t12-/m0/s1. The van der Waals surface area contributed by atoms with Gasteiger partial charge in [-0.15, -0.1) is 0 Å². The van der Waals surface area contributed by atoms with Gasteiger partial charge in [0.2, 0.25) is 0 Å². The Morgan fingerprint density at radius 2 is 1.88 bits per heavy atom. The zero-order chi connectivity index (χ0) is 17.3. The summed E-state index contributed by atoms with van der Waals surface area (Å²) in [5, 5.41) is 9.62. The Bertz CT molecular complexity index is 756. The molecule has 24 heavy (non-hydrogen) atoms. The van der Waals surface area contributed by atoms with E-state index in [1.165, 1.54) is 12.1 Å². The van der Waals surface area contributed by atoms with Crippen LogP contribution >= 0.6 is 0 Å². The lowest BCUT2D eigenvalue weighted by molar-refractivity contribution is -0.137. The van der Waals surface area contributed by atoms with Crippen molar-refractivity contribution in [2.45, 2.75) is 31.3 Å². The molecule has 7 nitrogen and oxygen atoms in total. The fourth-order valence-electron chi connectivity index (χ4n) is 2.98. The molecule has 1 atom stereocenters. The highest BCUT2D eigenvalue weighted by Crippen LogP contribution is 2.32. The Hall–Kier alpha value is -2.09. The van der Waals surface area contributed by atoms with Gasteiger partial charge in [0, 0.05) is 12.1 Å². The molecule has 1 saturated carbocycles. The van der Waals surface area contributed by atoms with E-state index < -0.39 is 22.4 Å². The minimum absolute atomic E-state index is 0.00767. The summed E-state index contributed by atoms with van der Waals surface area (Å²) in [6.07, 6.45) is 2.11. The molecule has 0 radical (unpaired) electrons. The molecule has 2 aliphatic rings. The summed E-state index contributed by atoms with van der Waals surface area (Å²) in [4.78, 5) is 26.0. The van der Waals surface area contributed by atoms with E-state index in [-0.39, 0.29) is 40.8 Å². The number of benzene rings is 1. The van der Waals surface area contributed by atoms with Crippen LogP contribution in [0.15, 0.2) is 24.3 Å². The van der Waals surface area contributed by atoms with Crippen LogP contribution in [0.3, 0.4) is 0 Å². The van der Waals surface area contributed by atoms with Gasteiger partial charge in [-0.1, -0.05) is 12.1 Å². The van der Waals surface area contributed by atoms with E-state index >= 15 is 0 Å². The molecule has 1 aromatic rings. The predicted octanol–water partition coefficient (Wildman–Crippen LogP) is 0.727. The first-order valence-corrected chi connectivity index (χ1v) is 9.66. The molecule has 130 valence electrons. The fourth-order valence-corrected chi connectivity index (χ4v) is 4.69. The Morgan fingerprint density at radius 1 is 1.17 bits per heavy atom. The number of amides is 1. The number of phenolic OH excluding ortho intramolecular Hbond substituents is 1. The molecule has 0 aromatic heterocycles. The molecule has 1 aliphatic heterocycles. The number of sulfone groups is 1. The van der Waals surface area contributed by atoms with Crippen LogP contribution < -0.4 is 0 Å². The van der Waals surface area contributed by atoms with E-state index in [0.29, 0.717) is 6.42 Å². The Labute approximate surface area is 140 Å². The third-order valence-corrected chi connectivity index (χ3v) is 6.03. The van der Waals surface area contributed by atoms with Crippen LogP contribution in [0.2, 0.25) is 0 Å². The number of aromatic hydroxyl groups is 1. The van der Waals surface area contributed by atoms with E-state index in [0.717, 1.165) is 12.8 Å². The normalized spacial score (nSPS) is 22.1. The maximum atomic E-state index is 12.4. The predicted molar refractivity (Wildman–Crippen MR) is 85.3 cm³/mol. The second-order valence-electron chi connectivity index (χ2n) is 6.18. The van der Waals surface area contributed by atoms with Crippen molar-refractivity contribution in [3.05, 3.63) is 29.8 Å². The minimum atomic E-state index is -3.09. The topological polar surface area (TPSA) is 101 Å². The quantitative estimate of drug-likeness (QED) is 0.783. The van der Waals surface area contributed by atoms with Gasteiger partial charge < -0.3 is 14.7 Å². The molecule has 1 N–H and O–H groups in total. The molecule has 1 aromatic carbocycles. The summed E-state index contributed by atoms with van der Waals surface area (Å²) in [5.41, 5.74) is -0.00767. The summed E-state index contributed by atoms with van der Waals surface area (Å²) < 4.78 is 28.3. The van der Waals surface area contributed by atoms with E-state index in [4.69, 9.17) is 4.74 Å². The van der Waals surface area contributed by atoms with E-state index in [1.54, 1.807) is 17.0 Å². The number of rotatable bonds is 5. The van der Waals surface area contributed by atoms with Gasteiger partial charge in [-0.3, -0.25) is 4.79 Å². The number of hydrogen-bond donors (Lipinski definition) is 1. The van der Waals surface area contributed by atoms with E-state index in [1.807, 2.05) is 0 Å². The maximum Gasteiger partial charge on any atom is 0.342 e. The monoisotopic (exact) mass is 353 g/mol. The number of hydrogen-bond acceptors (Lipinski definition) is 6. The number of para-hydroxylation sites is 1.